The van der Waals surface area contributed by atoms with Crippen molar-refractivity contribution < 1.29 is 9.90 Å². The highest BCUT2D eigenvalue weighted by Crippen LogP contribution is 2.20. The van der Waals surface area contributed by atoms with E-state index in [0.29, 0.717) is 15.6 Å². The number of carboxylic acids is 1. The van der Waals surface area contributed by atoms with Crippen molar-refractivity contribution in [3.8, 4) is 6.07 Å². The quantitative estimate of drug-likeness (QED) is 0.668. The number of nitrogens with one attached hydrogen (secondary N) is 2. The van der Waals surface area contributed by atoms with Gasteiger partial charge in [0.25, 0.3) is 0 Å². The van der Waals surface area contributed by atoms with E-state index in [9.17, 15) is 4.79 Å². The highest BCUT2D eigenvalue weighted by Gasteiger charge is 2.02. The summed E-state index contributed by atoms with van der Waals surface area (Å²) in [5, 5.41) is 23.7. The number of anilines is 3. The molecule has 122 valence electrons. The van der Waals surface area contributed by atoms with Crippen LogP contribution in [0.4, 0.5) is 17.1 Å². The second kappa shape index (κ2) is 8.91. The lowest BCUT2D eigenvalue weighted by molar-refractivity contribution is -0.136. The number of hydrogen-bond acceptors (Lipinski definition) is 5. The SMILES string of the molecule is N#Cc1ccc(Nc2ccc(NC(=S)SCCC(=O)O)cc2)cc1. The third kappa shape index (κ3) is 5.91. The Labute approximate surface area is 149 Å². The molecule has 0 saturated carbocycles. The Kier molecular flexibility index (Phi) is 6.61. The van der Waals surface area contributed by atoms with Crippen molar-refractivity contribution in [3.63, 3.8) is 0 Å². The zero-order valence-electron chi connectivity index (χ0n) is 12.7. The van der Waals surface area contributed by atoms with Gasteiger partial charge in [0.1, 0.15) is 4.32 Å². The summed E-state index contributed by atoms with van der Waals surface area (Å²) in [6.07, 6.45) is 0.0833. The standard InChI is InChI=1S/C17H15N3O2S2/c18-11-12-1-3-13(4-2-12)19-14-5-7-15(8-6-14)20-17(23)24-10-9-16(21)22/h1-8,19H,9-10H2,(H,20,23)(H,21,22). The lowest BCUT2D eigenvalue weighted by atomic mass is 10.2. The van der Waals surface area contributed by atoms with Crippen molar-refractivity contribution in [2.45, 2.75) is 6.42 Å². The van der Waals surface area contributed by atoms with Crippen LogP contribution < -0.4 is 10.6 Å². The number of thiocarbonyl (C=S) groups is 1. The molecule has 0 aromatic heterocycles. The van der Waals surface area contributed by atoms with Crippen molar-refractivity contribution >= 4 is 51.3 Å². The number of hydrogen-bond donors (Lipinski definition) is 3. The molecule has 0 aliphatic heterocycles. The van der Waals surface area contributed by atoms with Gasteiger partial charge in [0.2, 0.25) is 0 Å². The maximum atomic E-state index is 10.5. The number of nitriles is 1. The van der Waals surface area contributed by atoms with E-state index < -0.39 is 5.97 Å². The normalized spacial score (nSPS) is 9.79. The lowest BCUT2D eigenvalue weighted by Crippen LogP contribution is -2.06. The van der Waals surface area contributed by atoms with E-state index in [2.05, 4.69) is 16.7 Å². The Morgan fingerprint density at radius 2 is 1.62 bits per heavy atom. The van der Waals surface area contributed by atoms with Crippen molar-refractivity contribution in [2.75, 3.05) is 16.4 Å². The molecule has 0 amide bonds. The molecule has 24 heavy (non-hydrogen) atoms. The molecule has 0 unspecified atom stereocenters. The fourth-order valence-electron chi connectivity index (χ4n) is 1.82. The molecule has 0 saturated heterocycles. The molecule has 0 radical (unpaired) electrons. The molecule has 2 aromatic carbocycles. The van der Waals surface area contributed by atoms with Gasteiger partial charge in [-0.3, -0.25) is 4.79 Å². The molecule has 0 bridgehead atoms. The molecule has 0 aliphatic carbocycles. The van der Waals surface area contributed by atoms with Crippen LogP contribution in [0.3, 0.4) is 0 Å². The molecule has 2 rings (SSSR count). The van der Waals surface area contributed by atoms with E-state index >= 15 is 0 Å². The largest absolute Gasteiger partial charge is 0.481 e. The van der Waals surface area contributed by atoms with Gasteiger partial charge in [0, 0.05) is 22.8 Å². The van der Waals surface area contributed by atoms with E-state index in [-0.39, 0.29) is 6.42 Å². The smallest absolute Gasteiger partial charge is 0.304 e. The van der Waals surface area contributed by atoms with E-state index in [0.717, 1.165) is 17.1 Å². The van der Waals surface area contributed by atoms with Gasteiger partial charge in [-0.2, -0.15) is 5.26 Å². The van der Waals surface area contributed by atoms with Crippen LogP contribution in [0, 0.1) is 11.3 Å². The predicted octanol–water partition coefficient (Wildman–Crippen LogP) is 4.21. The van der Waals surface area contributed by atoms with Crippen LogP contribution >= 0.6 is 24.0 Å². The van der Waals surface area contributed by atoms with Gasteiger partial charge in [-0.1, -0.05) is 24.0 Å². The second-order valence-electron chi connectivity index (χ2n) is 4.80. The van der Waals surface area contributed by atoms with E-state index in [4.69, 9.17) is 22.6 Å². The van der Waals surface area contributed by atoms with Crippen molar-refractivity contribution in [2.24, 2.45) is 0 Å². The molecular formula is C17H15N3O2S2. The summed E-state index contributed by atoms with van der Waals surface area (Å²) < 4.78 is 0.545. The molecule has 0 aliphatic rings. The first-order valence-electron chi connectivity index (χ1n) is 7.09. The van der Waals surface area contributed by atoms with E-state index in [1.165, 1.54) is 11.8 Å². The minimum Gasteiger partial charge on any atom is -0.481 e. The van der Waals surface area contributed by atoms with Crippen LogP contribution in [0.5, 0.6) is 0 Å². The number of benzene rings is 2. The Hall–Kier alpha value is -2.56. The molecular weight excluding hydrogens is 342 g/mol. The van der Waals surface area contributed by atoms with Crippen molar-refractivity contribution in [1.29, 1.82) is 5.26 Å². The summed E-state index contributed by atoms with van der Waals surface area (Å²) >= 11 is 6.47. The second-order valence-corrected chi connectivity index (χ2v) is 6.57. The third-order valence-corrected chi connectivity index (χ3v) is 4.21. The Balaban J connectivity index is 1.87. The number of carbonyl (C=O) groups is 1. The van der Waals surface area contributed by atoms with E-state index in [1.807, 2.05) is 36.4 Å². The van der Waals surface area contributed by atoms with Crippen LogP contribution in [0.1, 0.15) is 12.0 Å². The zero-order chi connectivity index (χ0) is 17.4. The van der Waals surface area contributed by atoms with Gasteiger partial charge in [-0.05, 0) is 48.5 Å². The average molecular weight is 357 g/mol. The molecule has 0 heterocycles. The van der Waals surface area contributed by atoms with E-state index in [1.54, 1.807) is 12.1 Å². The van der Waals surface area contributed by atoms with Crippen molar-refractivity contribution in [1.82, 2.24) is 0 Å². The Morgan fingerprint density at radius 3 is 2.17 bits per heavy atom. The molecule has 3 N–H and O–H groups in total. The summed E-state index contributed by atoms with van der Waals surface area (Å²) in [6, 6.07) is 16.9. The number of thioether (sulfide) groups is 1. The summed E-state index contributed by atoms with van der Waals surface area (Å²) in [5.41, 5.74) is 3.27. The van der Waals surface area contributed by atoms with Crippen LogP contribution in [0.15, 0.2) is 48.5 Å². The maximum Gasteiger partial charge on any atom is 0.304 e. The van der Waals surface area contributed by atoms with Crippen molar-refractivity contribution in [3.05, 3.63) is 54.1 Å². The molecule has 0 spiro atoms. The number of nitrogens with zero attached hydrogens (tertiary/aromatic N) is 1. The summed E-state index contributed by atoms with van der Waals surface area (Å²) in [5.74, 6) is -0.386. The van der Waals surface area contributed by atoms with Gasteiger partial charge in [-0.15, -0.1) is 0 Å². The summed E-state index contributed by atoms with van der Waals surface area (Å²) in [6.45, 7) is 0. The van der Waals surface area contributed by atoms with Gasteiger partial charge < -0.3 is 15.7 Å². The van der Waals surface area contributed by atoms with Crippen LogP contribution in [-0.2, 0) is 4.79 Å². The minimum absolute atomic E-state index is 0.0833. The first kappa shape index (κ1) is 17.8. The molecule has 2 aromatic rings. The predicted molar refractivity (Wildman–Crippen MR) is 102 cm³/mol. The zero-order valence-corrected chi connectivity index (χ0v) is 14.3. The molecule has 0 atom stereocenters. The Bertz CT molecular complexity index is 753. The molecule has 0 fully saturated rings. The average Bonchev–Trinajstić information content (AvgIpc) is 2.57. The monoisotopic (exact) mass is 357 g/mol. The van der Waals surface area contributed by atoms with Gasteiger partial charge >= 0.3 is 5.97 Å². The van der Waals surface area contributed by atoms with Crippen LogP contribution in [0.2, 0.25) is 0 Å². The summed E-state index contributed by atoms with van der Waals surface area (Å²) in [4.78, 5) is 10.5. The molecule has 5 nitrogen and oxygen atoms in total. The maximum absolute atomic E-state index is 10.5. The number of carboxylic acid groups (broad SMARTS) is 1. The highest BCUT2D eigenvalue weighted by molar-refractivity contribution is 8.23. The van der Waals surface area contributed by atoms with Gasteiger partial charge in [0.05, 0.1) is 18.1 Å². The minimum atomic E-state index is -0.830. The van der Waals surface area contributed by atoms with Gasteiger partial charge in [0.15, 0.2) is 0 Å². The van der Waals surface area contributed by atoms with Gasteiger partial charge in [-0.25, -0.2) is 0 Å². The lowest BCUT2D eigenvalue weighted by Gasteiger charge is -2.09. The fourth-order valence-corrected chi connectivity index (χ4v) is 2.84. The number of rotatable bonds is 6. The Morgan fingerprint density at radius 1 is 1.08 bits per heavy atom. The van der Waals surface area contributed by atoms with Crippen LogP contribution in [0.25, 0.3) is 0 Å². The highest BCUT2D eigenvalue weighted by atomic mass is 32.2. The first-order valence-corrected chi connectivity index (χ1v) is 8.49. The summed E-state index contributed by atoms with van der Waals surface area (Å²) in [7, 11) is 0. The third-order valence-electron chi connectivity index (χ3n) is 2.98. The first-order chi connectivity index (χ1) is 11.6. The topological polar surface area (TPSA) is 85.2 Å². The fraction of sp³-hybridized carbons (Fsp3) is 0.118. The number of aliphatic carboxylic acids is 1. The van der Waals surface area contributed by atoms with Crippen LogP contribution in [-0.4, -0.2) is 21.1 Å². The molecule has 7 heteroatoms.